The SMILES string of the molecule is CCOc1cccc(F)c1CN1CCN(C(=O)[C@H](NC(=O)OCc2ccccc2)C2CCN(CCc3cc(Cl)ccc3-c3cnccc3NC(=O)OC(C)(C)C)CC2)CC1. The summed E-state index contributed by atoms with van der Waals surface area (Å²) >= 11 is 6.51. The number of alkyl carbamates (subject to hydrolysis) is 1. The molecule has 60 heavy (non-hydrogen) atoms. The van der Waals surface area contributed by atoms with Gasteiger partial charge in [-0.15, -0.1) is 0 Å². The number of piperidine rings is 1. The number of nitrogens with zero attached hydrogens (tertiary/aromatic N) is 4. The molecule has 0 saturated carbocycles. The summed E-state index contributed by atoms with van der Waals surface area (Å²) in [6.07, 6.45) is 4.22. The predicted molar refractivity (Wildman–Crippen MR) is 230 cm³/mol. The lowest BCUT2D eigenvalue weighted by molar-refractivity contribution is -0.137. The van der Waals surface area contributed by atoms with Gasteiger partial charge in [0.25, 0.3) is 0 Å². The van der Waals surface area contributed by atoms with Crippen LogP contribution in [0.1, 0.15) is 57.2 Å². The molecule has 0 radical (unpaired) electrons. The molecule has 2 N–H and O–H groups in total. The highest BCUT2D eigenvalue weighted by molar-refractivity contribution is 6.30. The zero-order chi connectivity index (χ0) is 42.6. The molecule has 2 aliphatic rings. The lowest BCUT2D eigenvalue weighted by atomic mass is 9.88. The molecular weight excluding hydrogens is 787 g/mol. The van der Waals surface area contributed by atoms with Gasteiger partial charge in [-0.2, -0.15) is 0 Å². The maximum Gasteiger partial charge on any atom is 0.412 e. The van der Waals surface area contributed by atoms with E-state index in [0.717, 1.165) is 41.9 Å². The zero-order valence-electron chi connectivity index (χ0n) is 34.9. The number of likely N-dealkylation sites (tertiary alicyclic amines) is 1. The predicted octanol–water partition coefficient (Wildman–Crippen LogP) is 8.18. The van der Waals surface area contributed by atoms with Crippen LogP contribution < -0.4 is 15.4 Å². The minimum Gasteiger partial charge on any atom is -0.493 e. The second-order valence-electron chi connectivity index (χ2n) is 16.2. The Morgan fingerprint density at radius 1 is 0.900 bits per heavy atom. The van der Waals surface area contributed by atoms with E-state index in [1.807, 2.05) is 76.2 Å². The Bertz CT molecular complexity index is 2070. The molecule has 3 amide bonds. The van der Waals surface area contributed by atoms with Crippen molar-refractivity contribution in [2.75, 3.05) is 57.7 Å². The van der Waals surface area contributed by atoms with Gasteiger partial charge in [-0.25, -0.2) is 14.0 Å². The van der Waals surface area contributed by atoms with Crippen LogP contribution in [0.5, 0.6) is 5.75 Å². The average Bonchev–Trinajstić information content (AvgIpc) is 3.23. The fourth-order valence-electron chi connectivity index (χ4n) is 7.75. The summed E-state index contributed by atoms with van der Waals surface area (Å²) in [5.41, 5.74) is 3.95. The number of carbonyl (C=O) groups excluding carboxylic acids is 3. The van der Waals surface area contributed by atoms with Gasteiger partial charge in [-0.1, -0.05) is 54.1 Å². The van der Waals surface area contributed by atoms with E-state index in [0.29, 0.717) is 80.6 Å². The number of carbonyl (C=O) groups is 3. The van der Waals surface area contributed by atoms with Crippen molar-refractivity contribution in [1.82, 2.24) is 25.0 Å². The molecule has 1 atom stereocenters. The van der Waals surface area contributed by atoms with E-state index in [2.05, 4.69) is 25.4 Å². The molecule has 2 saturated heterocycles. The van der Waals surface area contributed by atoms with Crippen LogP contribution in [-0.4, -0.2) is 102 Å². The van der Waals surface area contributed by atoms with Crippen molar-refractivity contribution in [3.8, 4) is 16.9 Å². The number of hydrogen-bond donors (Lipinski definition) is 2. The third-order valence-electron chi connectivity index (χ3n) is 10.8. The molecule has 0 aliphatic carbocycles. The largest absolute Gasteiger partial charge is 0.493 e. The maximum absolute atomic E-state index is 14.8. The molecule has 320 valence electrons. The molecule has 2 aliphatic heterocycles. The first kappa shape index (κ1) is 44.3. The van der Waals surface area contributed by atoms with Gasteiger partial charge in [-0.05, 0) is 113 Å². The molecule has 3 heterocycles. The van der Waals surface area contributed by atoms with Crippen LogP contribution in [0, 0.1) is 11.7 Å². The quantitative estimate of drug-likeness (QED) is 0.129. The van der Waals surface area contributed by atoms with Crippen LogP contribution in [-0.2, 0) is 33.8 Å². The maximum atomic E-state index is 14.8. The molecule has 0 bridgehead atoms. The summed E-state index contributed by atoms with van der Waals surface area (Å²) in [4.78, 5) is 50.9. The van der Waals surface area contributed by atoms with E-state index in [9.17, 15) is 18.8 Å². The van der Waals surface area contributed by atoms with E-state index >= 15 is 0 Å². The third-order valence-corrected chi connectivity index (χ3v) is 11.0. The normalized spacial score (nSPS) is 15.9. The van der Waals surface area contributed by atoms with Gasteiger partial charge in [0.2, 0.25) is 5.91 Å². The lowest BCUT2D eigenvalue weighted by Crippen LogP contribution is -2.58. The topological polar surface area (TPSA) is 126 Å². The smallest absolute Gasteiger partial charge is 0.412 e. The van der Waals surface area contributed by atoms with Gasteiger partial charge >= 0.3 is 12.2 Å². The van der Waals surface area contributed by atoms with E-state index in [4.69, 9.17) is 25.8 Å². The number of halogens is 2. The van der Waals surface area contributed by atoms with Crippen molar-refractivity contribution >= 4 is 35.4 Å². The summed E-state index contributed by atoms with van der Waals surface area (Å²) in [6, 6.07) is 21.0. The van der Waals surface area contributed by atoms with Gasteiger partial charge in [0.15, 0.2) is 0 Å². The number of anilines is 1. The second kappa shape index (κ2) is 20.8. The van der Waals surface area contributed by atoms with Gasteiger partial charge < -0.3 is 29.3 Å². The summed E-state index contributed by atoms with van der Waals surface area (Å²) in [7, 11) is 0. The van der Waals surface area contributed by atoms with Crippen molar-refractivity contribution in [2.24, 2.45) is 5.92 Å². The highest BCUT2D eigenvalue weighted by Crippen LogP contribution is 2.33. The van der Waals surface area contributed by atoms with E-state index < -0.39 is 23.8 Å². The molecular formula is C46H56ClFN6O6. The van der Waals surface area contributed by atoms with Crippen LogP contribution in [0.4, 0.5) is 19.7 Å². The van der Waals surface area contributed by atoms with Crippen molar-refractivity contribution in [3.63, 3.8) is 0 Å². The van der Waals surface area contributed by atoms with Crippen molar-refractivity contribution in [1.29, 1.82) is 0 Å². The van der Waals surface area contributed by atoms with Crippen molar-refractivity contribution < 1.29 is 33.0 Å². The third kappa shape index (κ3) is 12.4. The number of ether oxygens (including phenoxy) is 3. The summed E-state index contributed by atoms with van der Waals surface area (Å²) in [5.74, 6) is -0.0282. The Morgan fingerprint density at radius 3 is 2.37 bits per heavy atom. The molecule has 0 unspecified atom stereocenters. The molecule has 14 heteroatoms. The Labute approximate surface area is 357 Å². The monoisotopic (exact) mass is 842 g/mol. The first-order valence-electron chi connectivity index (χ1n) is 20.7. The molecule has 6 rings (SSSR count). The summed E-state index contributed by atoms with van der Waals surface area (Å²) < 4.78 is 31.6. The van der Waals surface area contributed by atoms with Crippen LogP contribution >= 0.6 is 11.6 Å². The zero-order valence-corrected chi connectivity index (χ0v) is 35.7. The highest BCUT2D eigenvalue weighted by Gasteiger charge is 2.37. The second-order valence-corrected chi connectivity index (χ2v) is 16.6. The Balaban J connectivity index is 1.09. The molecule has 3 aromatic carbocycles. The van der Waals surface area contributed by atoms with Gasteiger partial charge in [0.05, 0.1) is 12.3 Å². The highest BCUT2D eigenvalue weighted by atomic mass is 35.5. The van der Waals surface area contributed by atoms with E-state index in [-0.39, 0.29) is 24.2 Å². The number of pyridine rings is 1. The van der Waals surface area contributed by atoms with Gasteiger partial charge in [0.1, 0.15) is 29.8 Å². The van der Waals surface area contributed by atoms with E-state index in [1.165, 1.54) is 6.07 Å². The number of rotatable bonds is 14. The fourth-order valence-corrected chi connectivity index (χ4v) is 7.95. The van der Waals surface area contributed by atoms with E-state index in [1.54, 1.807) is 35.5 Å². The fraction of sp³-hybridized carbons (Fsp3) is 0.435. The Hall–Kier alpha value is -5.24. The molecule has 0 spiro atoms. The van der Waals surface area contributed by atoms with Gasteiger partial charge in [-0.3, -0.25) is 20.0 Å². The molecule has 2 fully saturated rings. The minimum atomic E-state index is -0.765. The number of benzene rings is 3. The Morgan fingerprint density at radius 2 is 1.65 bits per heavy atom. The van der Waals surface area contributed by atoms with Gasteiger partial charge in [0, 0.05) is 67.8 Å². The molecule has 1 aromatic heterocycles. The van der Waals surface area contributed by atoms with Crippen molar-refractivity contribution in [2.45, 2.75) is 71.8 Å². The number of amides is 3. The number of hydrogen-bond acceptors (Lipinski definition) is 9. The van der Waals surface area contributed by atoms with Crippen LogP contribution in [0.15, 0.2) is 85.2 Å². The van der Waals surface area contributed by atoms with Crippen LogP contribution in [0.2, 0.25) is 5.02 Å². The molecule has 12 nitrogen and oxygen atoms in total. The Kier molecular flexibility index (Phi) is 15.4. The van der Waals surface area contributed by atoms with Crippen LogP contribution in [0.25, 0.3) is 11.1 Å². The number of piperazine rings is 1. The average molecular weight is 843 g/mol. The summed E-state index contributed by atoms with van der Waals surface area (Å²) in [5, 5.41) is 6.44. The number of aromatic nitrogens is 1. The first-order valence-corrected chi connectivity index (χ1v) is 21.1. The molecule has 4 aromatic rings. The number of nitrogens with one attached hydrogen (secondary N) is 2. The summed E-state index contributed by atoms with van der Waals surface area (Å²) in [6.45, 7) is 12.4. The lowest BCUT2D eigenvalue weighted by Gasteiger charge is -2.40. The minimum absolute atomic E-state index is 0.0908. The standard InChI is InChI=1S/C46H56ClFN6O6/c1-5-58-41-13-9-12-39(48)38(41)30-53-24-26-54(27-25-53)43(55)42(51-44(56)59-31-32-10-7-6-8-11-32)33-17-21-52(22-18-33)23-19-34-28-35(47)14-15-36(34)37-29-49-20-16-40(37)50-45(57)60-46(2,3)4/h6-16,20,28-29,33,42H,5,17-19,21-27,30-31H2,1-4H3,(H,51,56)(H,49,50,57)/t42-/m1/s1. The van der Waals surface area contributed by atoms with Crippen LogP contribution in [0.3, 0.4) is 0 Å². The first-order chi connectivity index (χ1) is 28.9. The van der Waals surface area contributed by atoms with Crippen molar-refractivity contribution in [3.05, 3.63) is 113 Å².